The number of carbonyl (C=O) groups is 4. The fourth-order valence-electron chi connectivity index (χ4n) is 9.31. The van der Waals surface area contributed by atoms with Crippen molar-refractivity contribution in [2.45, 2.75) is 135 Å². The van der Waals surface area contributed by atoms with Crippen LogP contribution >= 0.6 is 0 Å². The van der Waals surface area contributed by atoms with Crippen LogP contribution in [-0.2, 0) is 32.0 Å². The topological polar surface area (TPSA) is 205 Å². The van der Waals surface area contributed by atoms with Crippen LogP contribution in [0.5, 0.6) is 0 Å². The van der Waals surface area contributed by atoms with Gasteiger partial charge in [-0.25, -0.2) is 37.8 Å². The van der Waals surface area contributed by atoms with Gasteiger partial charge in [-0.3, -0.25) is 15.1 Å². The van der Waals surface area contributed by atoms with E-state index in [0.29, 0.717) is 54.5 Å². The van der Waals surface area contributed by atoms with E-state index in [4.69, 9.17) is 4.74 Å². The van der Waals surface area contributed by atoms with Gasteiger partial charge in [0.15, 0.2) is 0 Å². The number of aliphatic hydroxyl groups excluding tert-OH is 1. The van der Waals surface area contributed by atoms with Gasteiger partial charge in [0.1, 0.15) is 29.1 Å². The number of nitrogens with zero attached hydrogens (tertiary/aromatic N) is 6. The van der Waals surface area contributed by atoms with Crippen LogP contribution in [0.25, 0.3) is 11.1 Å². The van der Waals surface area contributed by atoms with E-state index in [0.717, 1.165) is 65.4 Å². The molecular weight excluding hydrogens is 1120 g/mol. The zero-order chi connectivity index (χ0) is 61.6. The summed E-state index contributed by atoms with van der Waals surface area (Å²) >= 11 is 0. The van der Waals surface area contributed by atoms with Crippen LogP contribution in [0, 0.1) is 34.3 Å². The Balaban J connectivity index is 1.29. The number of ether oxygens (including phenoxy) is 3. The van der Waals surface area contributed by atoms with Gasteiger partial charge in [0, 0.05) is 73.4 Å². The monoisotopic (exact) mass is 1180 g/mol. The Bertz CT molecular complexity index is 2940. The van der Waals surface area contributed by atoms with Gasteiger partial charge in [-0.05, 0) is 115 Å². The van der Waals surface area contributed by atoms with Gasteiger partial charge < -0.3 is 40.2 Å². The molecule has 2 fully saturated rings. The van der Waals surface area contributed by atoms with Crippen molar-refractivity contribution in [1.29, 1.82) is 0 Å². The predicted molar refractivity (Wildman–Crippen MR) is 281 cm³/mol. The lowest BCUT2D eigenvalue weighted by Crippen LogP contribution is -2.62. The number of pyridine rings is 1. The lowest BCUT2D eigenvalue weighted by atomic mass is 9.83. The number of piperazine rings is 1. The highest BCUT2D eigenvalue weighted by atomic mass is 19.4. The van der Waals surface area contributed by atoms with Crippen LogP contribution in [0.2, 0.25) is 0 Å². The SMILES string of the molecule is COC(=O)N[C@H](C(=O)NN(Cc1c(F)cc(-c2cnn(C(F)F)c2)cc1F)C[C@H](O)[C@H](Cc1ccc(C#Cc2ccc(N3CC4CCC(C3)N4C(=O)OC(C)(C)C)nc2)cc1)NC[C@@H](NC(=O)OC)C(C)(C)C(F)(F)F)C(C)(C)C(F)(F)F. The van der Waals surface area contributed by atoms with Crippen molar-refractivity contribution in [2.75, 3.05) is 45.3 Å². The fraction of sp³-hybridized carbons (Fsp3) is 0.527. The molecule has 28 heteroatoms. The van der Waals surface area contributed by atoms with E-state index in [-0.39, 0.29) is 40.4 Å². The van der Waals surface area contributed by atoms with Gasteiger partial charge in [0.2, 0.25) is 0 Å². The van der Waals surface area contributed by atoms with Crippen molar-refractivity contribution in [3.05, 3.63) is 101 Å². The molecule has 4 aromatic rings. The van der Waals surface area contributed by atoms with E-state index in [1.54, 1.807) is 36.5 Å². The molecule has 2 aliphatic heterocycles. The van der Waals surface area contributed by atoms with Gasteiger partial charge in [-0.2, -0.15) is 40.2 Å². The highest BCUT2D eigenvalue weighted by molar-refractivity contribution is 5.86. The Labute approximate surface area is 472 Å². The number of carbonyl (C=O) groups excluding carboxylic acids is 4. The number of nitrogens with one attached hydrogen (secondary N) is 4. The number of rotatable bonds is 19. The predicted octanol–water partition coefficient (Wildman–Crippen LogP) is 8.63. The number of alkyl halides is 8. The average Bonchev–Trinajstić information content (AvgIpc) is 4.28. The second kappa shape index (κ2) is 26.0. The van der Waals surface area contributed by atoms with Crippen LogP contribution in [0.4, 0.5) is 64.1 Å². The first-order chi connectivity index (χ1) is 38.6. The number of hydrazine groups is 1. The molecule has 2 saturated heterocycles. The van der Waals surface area contributed by atoms with E-state index < -0.39 is 114 Å². The first-order valence-electron chi connectivity index (χ1n) is 26.1. The number of fused-ring (bicyclic) bond motifs is 2. The number of hydrogen-bond donors (Lipinski definition) is 5. The summed E-state index contributed by atoms with van der Waals surface area (Å²) in [6, 6.07) is 5.56. The third-order valence-corrected chi connectivity index (χ3v) is 14.5. The molecule has 4 amide bonds. The maximum Gasteiger partial charge on any atom is 0.410 e. The Morgan fingerprint density at radius 2 is 1.35 bits per heavy atom. The zero-order valence-corrected chi connectivity index (χ0v) is 46.8. The van der Waals surface area contributed by atoms with Crippen molar-refractivity contribution in [3.63, 3.8) is 0 Å². The average molecular weight is 1190 g/mol. The molecule has 2 aromatic carbocycles. The van der Waals surface area contributed by atoms with Crippen molar-refractivity contribution in [1.82, 2.24) is 46.0 Å². The Kier molecular flexibility index (Phi) is 20.3. The molecular formula is C55H66F10N10O8. The summed E-state index contributed by atoms with van der Waals surface area (Å²) in [4.78, 5) is 60.4. The molecule has 5 N–H and O–H groups in total. The number of amides is 4. The molecule has 83 heavy (non-hydrogen) atoms. The molecule has 6 atom stereocenters. The van der Waals surface area contributed by atoms with Crippen LogP contribution in [0.3, 0.4) is 0 Å². The second-order valence-corrected chi connectivity index (χ2v) is 22.3. The van der Waals surface area contributed by atoms with Crippen LogP contribution in [0.1, 0.15) is 90.1 Å². The highest BCUT2D eigenvalue weighted by Crippen LogP contribution is 2.42. The standard InChI is InChI=1S/C55H66F10N10O8/c1-51(2,3)83-50(80)75-36-17-18-37(75)28-72(27-36)44-19-16-33(23-67-44)15-12-31-10-13-32(14-11-31)20-41(66-25-43(69-48(78)81-8)52(4,5)54(60,61)62)42(76)30-73(71-46(77)45(70-49(79)82-9)53(6,7)55(63,64)65)29-38-39(56)21-34(22-40(38)57)35-24-68-74(26-35)47(58)59/h10-11,13-14,16,19,21-24,26,36-37,41-43,45,47,66,76H,17-18,20,25,27-30H2,1-9H3,(H,69,78)(H,70,79)(H,71,77)/t36?,37?,41-,42-,43+,45+/m0/s1. The lowest BCUT2D eigenvalue weighted by molar-refractivity contribution is -0.221. The van der Waals surface area contributed by atoms with Crippen LogP contribution < -0.4 is 26.3 Å². The lowest BCUT2D eigenvalue weighted by Gasteiger charge is -2.41. The minimum Gasteiger partial charge on any atom is -0.453 e. The number of anilines is 1. The largest absolute Gasteiger partial charge is 0.453 e. The molecule has 6 rings (SSSR count). The molecule has 2 unspecified atom stereocenters. The minimum atomic E-state index is -5.20. The second-order valence-electron chi connectivity index (χ2n) is 22.3. The summed E-state index contributed by atoms with van der Waals surface area (Å²) in [5.41, 5.74) is -4.15. The molecule has 454 valence electrons. The number of aliphatic hydroxyl groups is 1. The minimum absolute atomic E-state index is 0.0394. The Hall–Kier alpha value is -7.38. The molecule has 0 radical (unpaired) electrons. The van der Waals surface area contributed by atoms with Crippen LogP contribution in [-0.4, -0.2) is 149 Å². The van der Waals surface area contributed by atoms with Crippen molar-refractivity contribution >= 4 is 30.0 Å². The molecule has 2 bridgehead atoms. The van der Waals surface area contributed by atoms with Crippen LogP contribution in [0.15, 0.2) is 67.1 Å². The maximum absolute atomic E-state index is 16.1. The third-order valence-electron chi connectivity index (χ3n) is 14.5. The number of hydrogen-bond acceptors (Lipinski definition) is 13. The molecule has 0 aliphatic carbocycles. The summed E-state index contributed by atoms with van der Waals surface area (Å²) in [5.74, 6) is 2.39. The van der Waals surface area contributed by atoms with E-state index >= 15 is 8.78 Å². The quantitative estimate of drug-likeness (QED) is 0.0259. The summed E-state index contributed by atoms with van der Waals surface area (Å²) in [5, 5.41) is 23.0. The van der Waals surface area contributed by atoms with Gasteiger partial charge in [-0.1, -0.05) is 24.0 Å². The highest BCUT2D eigenvalue weighted by Gasteiger charge is 2.56. The van der Waals surface area contributed by atoms with Crippen molar-refractivity contribution < 1.29 is 82.4 Å². The van der Waals surface area contributed by atoms with E-state index in [9.17, 15) is 59.4 Å². The normalized spacial score (nSPS) is 17.3. The molecule has 2 aliphatic rings. The number of benzene rings is 2. The van der Waals surface area contributed by atoms with E-state index in [1.165, 1.54) is 0 Å². The Morgan fingerprint density at radius 1 is 0.783 bits per heavy atom. The first kappa shape index (κ1) is 64.8. The summed E-state index contributed by atoms with van der Waals surface area (Å²) in [6.45, 7) is 3.41. The van der Waals surface area contributed by atoms with E-state index in [1.807, 2.05) is 37.1 Å². The Morgan fingerprint density at radius 3 is 1.87 bits per heavy atom. The number of aromatic nitrogens is 3. The maximum atomic E-state index is 16.1. The number of halogens is 10. The van der Waals surface area contributed by atoms with Crippen molar-refractivity contribution in [3.8, 4) is 23.0 Å². The van der Waals surface area contributed by atoms with E-state index in [2.05, 4.69) is 52.4 Å². The van der Waals surface area contributed by atoms with Gasteiger partial charge >= 0.3 is 37.2 Å². The summed E-state index contributed by atoms with van der Waals surface area (Å²) < 4.78 is 161. The third kappa shape index (κ3) is 16.2. The van der Waals surface area contributed by atoms with Gasteiger partial charge in [-0.15, -0.1) is 0 Å². The smallest absolute Gasteiger partial charge is 0.410 e. The molecule has 2 aromatic heterocycles. The number of alkyl carbamates (subject to hydrolysis) is 2. The van der Waals surface area contributed by atoms with Crippen molar-refractivity contribution in [2.24, 2.45) is 10.8 Å². The summed E-state index contributed by atoms with van der Waals surface area (Å²) in [6.07, 6.45) is -10.5. The molecule has 0 saturated carbocycles. The summed E-state index contributed by atoms with van der Waals surface area (Å²) in [7, 11) is 1.72. The fourth-order valence-corrected chi connectivity index (χ4v) is 9.31. The first-order valence-corrected chi connectivity index (χ1v) is 26.1. The van der Waals surface area contributed by atoms with Gasteiger partial charge in [0.25, 0.3) is 5.91 Å². The molecule has 0 spiro atoms. The number of methoxy groups -OCH3 is 2. The van der Waals surface area contributed by atoms with Gasteiger partial charge in [0.05, 0.1) is 55.5 Å². The molecule has 4 heterocycles. The zero-order valence-electron chi connectivity index (χ0n) is 46.8. The molecule has 18 nitrogen and oxygen atoms in total.